The highest BCUT2D eigenvalue weighted by atomic mass is 16.5. The van der Waals surface area contributed by atoms with E-state index in [9.17, 15) is 9.59 Å². The lowest BCUT2D eigenvalue weighted by Gasteiger charge is -2.33. The van der Waals surface area contributed by atoms with Gasteiger partial charge in [0.25, 0.3) is 5.91 Å². The highest BCUT2D eigenvalue weighted by molar-refractivity contribution is 6.00. The smallest absolute Gasteiger partial charge is 0.276 e. The summed E-state index contributed by atoms with van der Waals surface area (Å²) in [6.45, 7) is 2.36. The van der Waals surface area contributed by atoms with Gasteiger partial charge in [0.2, 0.25) is 5.91 Å². The van der Waals surface area contributed by atoms with Crippen LogP contribution in [0.4, 0.5) is 5.69 Å². The van der Waals surface area contributed by atoms with E-state index >= 15 is 0 Å². The summed E-state index contributed by atoms with van der Waals surface area (Å²) in [7, 11) is 0. The first-order chi connectivity index (χ1) is 12.7. The molecule has 0 radical (unpaired) electrons. The fourth-order valence-electron chi connectivity index (χ4n) is 3.37. The van der Waals surface area contributed by atoms with Crippen molar-refractivity contribution in [1.29, 1.82) is 0 Å². The molecule has 2 saturated heterocycles. The standard InChI is InChI=1S/C18H21N5O3/c24-17-13-21(8-9-23(17)14-5-2-1-3-6-14)18(25)16-12-22(20-19-16)11-15-7-4-10-26-15/h1-3,5-6,12,15H,4,7-11,13H2/t15-/m1/s1. The van der Waals surface area contributed by atoms with Crippen LogP contribution < -0.4 is 4.90 Å². The molecule has 2 aromatic rings. The Hall–Kier alpha value is -2.74. The van der Waals surface area contributed by atoms with E-state index in [1.807, 2.05) is 30.3 Å². The molecule has 1 atom stereocenters. The average Bonchev–Trinajstić information content (AvgIpc) is 3.34. The number of para-hydroxylation sites is 1. The Morgan fingerprint density at radius 3 is 2.81 bits per heavy atom. The molecule has 0 aliphatic carbocycles. The van der Waals surface area contributed by atoms with Gasteiger partial charge in [-0.25, -0.2) is 4.68 Å². The van der Waals surface area contributed by atoms with Crippen LogP contribution >= 0.6 is 0 Å². The molecule has 0 spiro atoms. The molecule has 2 amide bonds. The second kappa shape index (κ2) is 7.25. The van der Waals surface area contributed by atoms with Gasteiger partial charge in [0.1, 0.15) is 6.54 Å². The molecule has 8 heteroatoms. The molecule has 136 valence electrons. The quantitative estimate of drug-likeness (QED) is 0.816. The van der Waals surface area contributed by atoms with Gasteiger partial charge in [-0.1, -0.05) is 23.4 Å². The molecule has 2 fully saturated rings. The second-order valence-electron chi connectivity index (χ2n) is 6.57. The maximum atomic E-state index is 12.6. The SMILES string of the molecule is O=C(c1cn(C[C@H]2CCCO2)nn1)N1CCN(c2ccccc2)C(=O)C1. The number of hydrogen-bond donors (Lipinski definition) is 0. The van der Waals surface area contributed by atoms with Crippen LogP contribution in [0.1, 0.15) is 23.3 Å². The van der Waals surface area contributed by atoms with Crippen LogP contribution in [0.3, 0.4) is 0 Å². The van der Waals surface area contributed by atoms with E-state index in [0.717, 1.165) is 25.1 Å². The van der Waals surface area contributed by atoms with E-state index in [2.05, 4.69) is 10.3 Å². The molecule has 2 aliphatic heterocycles. The fraction of sp³-hybridized carbons (Fsp3) is 0.444. The number of aromatic nitrogens is 3. The summed E-state index contributed by atoms with van der Waals surface area (Å²) in [4.78, 5) is 28.3. The number of rotatable bonds is 4. The largest absolute Gasteiger partial charge is 0.376 e. The van der Waals surface area contributed by atoms with Crippen molar-refractivity contribution in [1.82, 2.24) is 19.9 Å². The average molecular weight is 355 g/mol. The molecule has 1 aromatic carbocycles. The van der Waals surface area contributed by atoms with Crippen molar-refractivity contribution in [2.45, 2.75) is 25.5 Å². The van der Waals surface area contributed by atoms with Crippen molar-refractivity contribution < 1.29 is 14.3 Å². The number of carbonyl (C=O) groups is 2. The van der Waals surface area contributed by atoms with E-state index in [-0.39, 0.29) is 30.2 Å². The summed E-state index contributed by atoms with van der Waals surface area (Å²) in [5.74, 6) is -0.354. The van der Waals surface area contributed by atoms with Crippen LogP contribution in [0.15, 0.2) is 36.5 Å². The normalized spacial score (nSPS) is 20.6. The minimum Gasteiger partial charge on any atom is -0.376 e. The monoisotopic (exact) mass is 355 g/mol. The van der Waals surface area contributed by atoms with Crippen LogP contribution in [0.5, 0.6) is 0 Å². The van der Waals surface area contributed by atoms with Crippen LogP contribution in [0.2, 0.25) is 0 Å². The lowest BCUT2D eigenvalue weighted by molar-refractivity contribution is -0.120. The Kier molecular flexibility index (Phi) is 4.66. The van der Waals surface area contributed by atoms with E-state index in [1.165, 1.54) is 4.90 Å². The molecular weight excluding hydrogens is 334 g/mol. The van der Waals surface area contributed by atoms with Crippen molar-refractivity contribution in [2.75, 3.05) is 31.1 Å². The molecule has 3 heterocycles. The summed E-state index contributed by atoms with van der Waals surface area (Å²) < 4.78 is 7.22. The van der Waals surface area contributed by atoms with Gasteiger partial charge in [-0.15, -0.1) is 5.10 Å². The van der Waals surface area contributed by atoms with Crippen LogP contribution in [-0.4, -0.2) is 64.1 Å². The molecule has 2 aliphatic rings. The molecular formula is C18H21N5O3. The molecule has 4 rings (SSSR count). The molecule has 1 aromatic heterocycles. The predicted molar refractivity (Wildman–Crippen MR) is 93.7 cm³/mol. The maximum absolute atomic E-state index is 12.6. The number of piperazine rings is 1. The predicted octanol–water partition coefficient (Wildman–Crippen LogP) is 0.946. The van der Waals surface area contributed by atoms with E-state index in [1.54, 1.807) is 15.8 Å². The third kappa shape index (κ3) is 3.45. The van der Waals surface area contributed by atoms with Crippen molar-refractivity contribution in [3.63, 3.8) is 0 Å². The van der Waals surface area contributed by atoms with Crippen LogP contribution in [0, 0.1) is 0 Å². The first-order valence-electron chi connectivity index (χ1n) is 8.87. The van der Waals surface area contributed by atoms with Crippen molar-refractivity contribution in [3.05, 3.63) is 42.2 Å². The number of ether oxygens (including phenoxy) is 1. The lowest BCUT2D eigenvalue weighted by Crippen LogP contribution is -2.52. The molecule has 8 nitrogen and oxygen atoms in total. The zero-order chi connectivity index (χ0) is 17.9. The Labute approximate surface area is 151 Å². The topological polar surface area (TPSA) is 80.6 Å². The number of amides is 2. The summed E-state index contributed by atoms with van der Waals surface area (Å²) in [6.07, 6.45) is 3.83. The summed E-state index contributed by atoms with van der Waals surface area (Å²) in [6, 6.07) is 9.49. The fourth-order valence-corrected chi connectivity index (χ4v) is 3.37. The van der Waals surface area contributed by atoms with Crippen molar-refractivity contribution in [2.24, 2.45) is 0 Å². The van der Waals surface area contributed by atoms with Gasteiger partial charge in [0, 0.05) is 25.4 Å². The number of benzene rings is 1. The minimum absolute atomic E-state index is 0.0479. The number of hydrogen-bond acceptors (Lipinski definition) is 5. The zero-order valence-corrected chi connectivity index (χ0v) is 14.5. The van der Waals surface area contributed by atoms with Crippen LogP contribution in [0.25, 0.3) is 0 Å². The van der Waals surface area contributed by atoms with Crippen LogP contribution in [-0.2, 0) is 16.1 Å². The summed E-state index contributed by atoms with van der Waals surface area (Å²) in [5, 5.41) is 8.00. The van der Waals surface area contributed by atoms with Gasteiger partial charge in [-0.05, 0) is 25.0 Å². The minimum atomic E-state index is -0.260. The highest BCUT2D eigenvalue weighted by Crippen LogP contribution is 2.18. The number of nitrogens with zero attached hydrogens (tertiary/aromatic N) is 5. The summed E-state index contributed by atoms with van der Waals surface area (Å²) >= 11 is 0. The Morgan fingerprint density at radius 2 is 2.08 bits per heavy atom. The van der Waals surface area contributed by atoms with Gasteiger partial charge in [-0.2, -0.15) is 0 Å². The Balaban J connectivity index is 1.38. The molecule has 0 N–H and O–H groups in total. The third-order valence-electron chi connectivity index (χ3n) is 4.75. The number of anilines is 1. The van der Waals surface area contributed by atoms with E-state index in [4.69, 9.17) is 4.74 Å². The first-order valence-corrected chi connectivity index (χ1v) is 8.87. The van der Waals surface area contributed by atoms with E-state index in [0.29, 0.717) is 19.6 Å². The van der Waals surface area contributed by atoms with Gasteiger partial charge >= 0.3 is 0 Å². The van der Waals surface area contributed by atoms with Gasteiger partial charge < -0.3 is 14.5 Å². The lowest BCUT2D eigenvalue weighted by atomic mass is 10.2. The third-order valence-corrected chi connectivity index (χ3v) is 4.75. The number of carbonyl (C=O) groups excluding carboxylic acids is 2. The Bertz CT molecular complexity index is 785. The zero-order valence-electron chi connectivity index (χ0n) is 14.5. The van der Waals surface area contributed by atoms with Gasteiger partial charge in [0.15, 0.2) is 5.69 Å². The molecule has 0 bridgehead atoms. The maximum Gasteiger partial charge on any atom is 0.276 e. The molecule has 0 saturated carbocycles. The van der Waals surface area contributed by atoms with Crippen molar-refractivity contribution >= 4 is 17.5 Å². The van der Waals surface area contributed by atoms with Gasteiger partial charge in [0.05, 0.1) is 18.8 Å². The van der Waals surface area contributed by atoms with E-state index < -0.39 is 0 Å². The molecule has 0 unspecified atom stereocenters. The summed E-state index contributed by atoms with van der Waals surface area (Å²) in [5.41, 5.74) is 1.12. The van der Waals surface area contributed by atoms with Gasteiger partial charge in [-0.3, -0.25) is 9.59 Å². The Morgan fingerprint density at radius 1 is 1.23 bits per heavy atom. The highest BCUT2D eigenvalue weighted by Gasteiger charge is 2.30. The second-order valence-corrected chi connectivity index (χ2v) is 6.57. The van der Waals surface area contributed by atoms with Crippen molar-refractivity contribution in [3.8, 4) is 0 Å². The molecule has 26 heavy (non-hydrogen) atoms. The first kappa shape index (κ1) is 16.7.